The van der Waals surface area contributed by atoms with Crippen LogP contribution in [0.2, 0.25) is 0 Å². The number of hydrogen-bond donors (Lipinski definition) is 1. The third kappa shape index (κ3) is 3.35. The molecule has 2 aliphatic heterocycles. The lowest BCUT2D eigenvalue weighted by atomic mass is 10.2. The van der Waals surface area contributed by atoms with Crippen LogP contribution >= 0.6 is 0 Å². The van der Waals surface area contributed by atoms with Gasteiger partial charge in [-0.3, -0.25) is 4.79 Å². The smallest absolute Gasteiger partial charge is 0.332 e. The Bertz CT molecular complexity index is 302. The van der Waals surface area contributed by atoms with Gasteiger partial charge in [0.05, 0.1) is 0 Å². The highest BCUT2D eigenvalue weighted by atomic mass is 19.4. The third-order valence-electron chi connectivity index (χ3n) is 3.46. The lowest BCUT2D eigenvalue weighted by Gasteiger charge is -2.35. The summed E-state index contributed by atoms with van der Waals surface area (Å²) in [5.41, 5.74) is 0. The summed E-state index contributed by atoms with van der Waals surface area (Å²) < 4.78 is 37.0. The Kier molecular flexibility index (Phi) is 4.11. The Balaban J connectivity index is 1.86. The molecule has 1 atom stereocenters. The third-order valence-corrected chi connectivity index (χ3v) is 3.46. The van der Waals surface area contributed by atoms with E-state index in [1.54, 1.807) is 0 Å². The summed E-state index contributed by atoms with van der Waals surface area (Å²) in [5.74, 6) is -1.71. The SMILES string of the molecule is O=C(N1CCNC(CN2CCCC2)C1)C(F)(F)F. The molecule has 1 unspecified atom stereocenters. The number of amides is 1. The molecular formula is C11H18F3N3O. The van der Waals surface area contributed by atoms with Gasteiger partial charge in [0.25, 0.3) is 0 Å². The van der Waals surface area contributed by atoms with Crippen molar-refractivity contribution in [3.05, 3.63) is 0 Å². The Morgan fingerprint density at radius 3 is 2.50 bits per heavy atom. The maximum absolute atomic E-state index is 12.3. The fourth-order valence-corrected chi connectivity index (χ4v) is 2.59. The summed E-state index contributed by atoms with van der Waals surface area (Å²) in [5, 5.41) is 3.18. The minimum absolute atomic E-state index is 0.0526. The van der Waals surface area contributed by atoms with Gasteiger partial charge in [-0.2, -0.15) is 13.2 Å². The fourth-order valence-electron chi connectivity index (χ4n) is 2.59. The zero-order valence-electron chi connectivity index (χ0n) is 10.2. The van der Waals surface area contributed by atoms with E-state index in [2.05, 4.69) is 10.2 Å². The number of halogens is 3. The molecule has 0 aromatic heterocycles. The number of nitrogens with one attached hydrogen (secondary N) is 1. The van der Waals surface area contributed by atoms with Crippen molar-refractivity contribution < 1.29 is 18.0 Å². The van der Waals surface area contributed by atoms with Crippen molar-refractivity contribution in [2.45, 2.75) is 25.1 Å². The molecule has 2 saturated heterocycles. The molecule has 104 valence electrons. The molecule has 0 radical (unpaired) electrons. The van der Waals surface area contributed by atoms with Gasteiger partial charge in [0.1, 0.15) is 0 Å². The lowest BCUT2D eigenvalue weighted by molar-refractivity contribution is -0.186. The van der Waals surface area contributed by atoms with Gasteiger partial charge in [-0.25, -0.2) is 0 Å². The Labute approximate surface area is 104 Å². The van der Waals surface area contributed by atoms with Crippen LogP contribution in [0.3, 0.4) is 0 Å². The highest BCUT2D eigenvalue weighted by Crippen LogP contribution is 2.19. The van der Waals surface area contributed by atoms with Gasteiger partial charge in [0.2, 0.25) is 0 Å². The van der Waals surface area contributed by atoms with E-state index in [9.17, 15) is 18.0 Å². The minimum atomic E-state index is -4.75. The summed E-state index contributed by atoms with van der Waals surface area (Å²) in [6.07, 6.45) is -2.45. The molecule has 2 aliphatic rings. The van der Waals surface area contributed by atoms with E-state index in [4.69, 9.17) is 0 Å². The summed E-state index contributed by atoms with van der Waals surface area (Å²) >= 11 is 0. The maximum atomic E-state index is 12.3. The average Bonchev–Trinajstić information content (AvgIpc) is 2.80. The van der Waals surface area contributed by atoms with Gasteiger partial charge in [-0.15, -0.1) is 0 Å². The second-order valence-electron chi connectivity index (χ2n) is 4.91. The normalized spacial score (nSPS) is 26.6. The molecule has 2 heterocycles. The van der Waals surface area contributed by atoms with Crippen LogP contribution in [-0.2, 0) is 4.79 Å². The average molecular weight is 265 g/mol. The van der Waals surface area contributed by atoms with Crippen LogP contribution in [-0.4, -0.2) is 67.2 Å². The summed E-state index contributed by atoms with van der Waals surface area (Å²) in [6.45, 7) is 3.45. The number of carbonyl (C=O) groups excluding carboxylic acids is 1. The van der Waals surface area contributed by atoms with E-state index < -0.39 is 12.1 Å². The largest absolute Gasteiger partial charge is 0.471 e. The first-order valence-corrected chi connectivity index (χ1v) is 6.28. The van der Waals surface area contributed by atoms with Crippen molar-refractivity contribution in [3.63, 3.8) is 0 Å². The zero-order chi connectivity index (χ0) is 13.2. The second-order valence-corrected chi connectivity index (χ2v) is 4.91. The van der Waals surface area contributed by atoms with Crippen LogP contribution in [0.4, 0.5) is 13.2 Å². The Morgan fingerprint density at radius 1 is 1.22 bits per heavy atom. The number of rotatable bonds is 2. The van der Waals surface area contributed by atoms with E-state index in [1.807, 2.05) is 0 Å². The van der Waals surface area contributed by atoms with Gasteiger partial charge in [0, 0.05) is 32.2 Å². The first-order valence-electron chi connectivity index (χ1n) is 6.28. The first-order chi connectivity index (χ1) is 8.47. The van der Waals surface area contributed by atoms with Gasteiger partial charge in [-0.1, -0.05) is 0 Å². The summed E-state index contributed by atoms with van der Waals surface area (Å²) in [7, 11) is 0. The predicted octanol–water partition coefficient (Wildman–Crippen LogP) is 0.445. The van der Waals surface area contributed by atoms with Gasteiger partial charge >= 0.3 is 12.1 Å². The molecule has 0 saturated carbocycles. The molecule has 4 nitrogen and oxygen atoms in total. The van der Waals surface area contributed by atoms with Crippen molar-refractivity contribution in [1.29, 1.82) is 0 Å². The number of likely N-dealkylation sites (tertiary alicyclic amines) is 1. The van der Waals surface area contributed by atoms with E-state index in [-0.39, 0.29) is 19.1 Å². The van der Waals surface area contributed by atoms with E-state index in [0.717, 1.165) is 37.4 Å². The van der Waals surface area contributed by atoms with Crippen molar-refractivity contribution >= 4 is 5.91 Å². The molecule has 0 aromatic rings. The van der Waals surface area contributed by atoms with Crippen LogP contribution in [0.15, 0.2) is 0 Å². The van der Waals surface area contributed by atoms with Crippen molar-refractivity contribution in [2.24, 2.45) is 0 Å². The van der Waals surface area contributed by atoms with Crippen LogP contribution in [0.5, 0.6) is 0 Å². The van der Waals surface area contributed by atoms with Crippen LogP contribution in [0, 0.1) is 0 Å². The molecule has 7 heteroatoms. The molecule has 0 bridgehead atoms. The Hall–Kier alpha value is -0.820. The molecular weight excluding hydrogens is 247 g/mol. The van der Waals surface area contributed by atoms with E-state index in [0.29, 0.717) is 6.54 Å². The van der Waals surface area contributed by atoms with Crippen molar-refractivity contribution in [3.8, 4) is 0 Å². The topological polar surface area (TPSA) is 35.6 Å². The Morgan fingerprint density at radius 2 is 1.89 bits per heavy atom. The fraction of sp³-hybridized carbons (Fsp3) is 0.909. The summed E-state index contributed by atoms with van der Waals surface area (Å²) in [4.78, 5) is 14.3. The molecule has 2 rings (SSSR count). The highest BCUT2D eigenvalue weighted by molar-refractivity contribution is 5.82. The number of nitrogens with zero attached hydrogens (tertiary/aromatic N) is 2. The minimum Gasteiger partial charge on any atom is -0.332 e. The highest BCUT2D eigenvalue weighted by Gasteiger charge is 2.43. The van der Waals surface area contributed by atoms with Gasteiger partial charge in [0.15, 0.2) is 0 Å². The maximum Gasteiger partial charge on any atom is 0.471 e. The van der Waals surface area contributed by atoms with Crippen LogP contribution < -0.4 is 5.32 Å². The van der Waals surface area contributed by atoms with Crippen LogP contribution in [0.1, 0.15) is 12.8 Å². The standard InChI is InChI=1S/C11H18F3N3O/c12-11(13,14)10(18)17-6-3-15-9(8-17)7-16-4-1-2-5-16/h9,15H,1-8H2. The zero-order valence-corrected chi connectivity index (χ0v) is 10.2. The molecule has 0 aliphatic carbocycles. The second kappa shape index (κ2) is 5.44. The number of piperazine rings is 1. The predicted molar refractivity (Wildman–Crippen MR) is 60.1 cm³/mol. The molecule has 18 heavy (non-hydrogen) atoms. The molecule has 1 N–H and O–H groups in total. The van der Waals surface area contributed by atoms with Crippen molar-refractivity contribution in [1.82, 2.24) is 15.1 Å². The molecule has 0 aromatic carbocycles. The van der Waals surface area contributed by atoms with E-state index >= 15 is 0 Å². The first kappa shape index (κ1) is 13.6. The molecule has 1 amide bonds. The van der Waals surface area contributed by atoms with Gasteiger partial charge in [-0.05, 0) is 25.9 Å². The number of carbonyl (C=O) groups is 1. The lowest BCUT2D eigenvalue weighted by Crippen LogP contribution is -2.58. The van der Waals surface area contributed by atoms with Gasteiger partial charge < -0.3 is 15.1 Å². The quantitative estimate of drug-likeness (QED) is 0.787. The monoisotopic (exact) mass is 265 g/mol. The summed E-state index contributed by atoms with van der Waals surface area (Å²) in [6, 6.07) is -0.0526. The molecule has 2 fully saturated rings. The van der Waals surface area contributed by atoms with Crippen molar-refractivity contribution in [2.75, 3.05) is 39.3 Å². The van der Waals surface area contributed by atoms with E-state index in [1.165, 1.54) is 0 Å². The number of hydrogen-bond acceptors (Lipinski definition) is 3. The molecule has 0 spiro atoms. The van der Waals surface area contributed by atoms with Crippen LogP contribution in [0.25, 0.3) is 0 Å². The number of alkyl halides is 3.